The summed E-state index contributed by atoms with van der Waals surface area (Å²) >= 11 is 7.91. The molecule has 0 heterocycles. The van der Waals surface area contributed by atoms with Crippen LogP contribution in [-0.4, -0.2) is 16.6 Å². The summed E-state index contributed by atoms with van der Waals surface area (Å²) in [6.07, 6.45) is 1.41. The lowest BCUT2D eigenvalue weighted by atomic mass is 10.0. The molecule has 0 aliphatic heterocycles. The number of aromatic hydroxyl groups is 1. The normalized spacial score (nSPS) is 14.7. The van der Waals surface area contributed by atoms with E-state index < -0.39 is 7.82 Å². The summed E-state index contributed by atoms with van der Waals surface area (Å²) in [4.78, 5) is 10.9. The summed E-state index contributed by atoms with van der Waals surface area (Å²) in [5.74, 6) is 5.35. The van der Waals surface area contributed by atoms with Crippen LogP contribution in [0.2, 0.25) is 5.02 Å². The van der Waals surface area contributed by atoms with Gasteiger partial charge < -0.3 is 10.00 Å². The van der Waals surface area contributed by atoms with Crippen LogP contribution in [-0.2, 0) is 20.1 Å². The van der Waals surface area contributed by atoms with Crippen molar-refractivity contribution in [2.75, 3.05) is 6.61 Å². The highest BCUT2D eigenvalue weighted by Crippen LogP contribution is 2.41. The van der Waals surface area contributed by atoms with E-state index in [9.17, 15) is 9.67 Å². The zero-order chi connectivity index (χ0) is 21.6. The lowest BCUT2D eigenvalue weighted by Crippen LogP contribution is -2.08. The van der Waals surface area contributed by atoms with Crippen molar-refractivity contribution in [2.24, 2.45) is 11.8 Å². The van der Waals surface area contributed by atoms with E-state index in [1.807, 2.05) is 37.3 Å². The van der Waals surface area contributed by atoms with Crippen molar-refractivity contribution in [3.63, 3.8) is 0 Å². The van der Waals surface area contributed by atoms with Crippen molar-refractivity contribution in [1.29, 1.82) is 0 Å². The summed E-state index contributed by atoms with van der Waals surface area (Å²) in [6.45, 7) is 6.18. The maximum Gasteiger partial charge on any atom is 0.488 e. The lowest BCUT2D eigenvalue weighted by Gasteiger charge is -2.15. The Morgan fingerprint density at radius 1 is 1.21 bits per heavy atom. The summed E-state index contributed by atoms with van der Waals surface area (Å²) in [6, 6.07) is 11.5. The Morgan fingerprint density at radius 2 is 1.93 bits per heavy atom. The third-order valence-electron chi connectivity index (χ3n) is 4.46. The van der Waals surface area contributed by atoms with Gasteiger partial charge in [0.05, 0.1) is 11.5 Å². The molecule has 0 aliphatic carbocycles. The first kappa shape index (κ1) is 24.2. The zero-order valence-electron chi connectivity index (χ0n) is 16.7. The van der Waals surface area contributed by atoms with Crippen LogP contribution in [0.25, 0.3) is 0 Å². The molecule has 0 spiro atoms. The van der Waals surface area contributed by atoms with Crippen LogP contribution in [0.5, 0.6) is 5.75 Å². The SMILES string of the molecule is CC(CCc1ccc(Sc2cc(C(C)C)ccc2O)cc1Cl)COP(=O)(O)ON. The predicted molar refractivity (Wildman–Crippen MR) is 116 cm³/mol. The molecule has 2 atom stereocenters. The minimum atomic E-state index is -4.16. The van der Waals surface area contributed by atoms with E-state index in [1.165, 1.54) is 11.8 Å². The molecule has 2 aromatic rings. The second kappa shape index (κ2) is 10.8. The molecule has 2 rings (SSSR count). The Kier molecular flexibility index (Phi) is 9.04. The van der Waals surface area contributed by atoms with Crippen molar-refractivity contribution in [3.05, 3.63) is 52.5 Å². The number of phosphoric acid groups is 1. The minimum absolute atomic E-state index is 0.0199. The molecule has 0 aromatic heterocycles. The van der Waals surface area contributed by atoms with Crippen molar-refractivity contribution in [2.45, 2.75) is 49.3 Å². The van der Waals surface area contributed by atoms with E-state index in [0.29, 0.717) is 23.8 Å². The van der Waals surface area contributed by atoms with Crippen LogP contribution in [0.15, 0.2) is 46.2 Å². The Bertz CT molecular complexity index is 880. The van der Waals surface area contributed by atoms with Crippen molar-refractivity contribution in [3.8, 4) is 5.75 Å². The minimum Gasteiger partial charge on any atom is -0.507 e. The molecule has 0 fully saturated rings. The summed E-state index contributed by atoms with van der Waals surface area (Å²) in [7, 11) is -4.16. The Balaban J connectivity index is 1.98. The van der Waals surface area contributed by atoms with Gasteiger partial charge in [0.1, 0.15) is 5.75 Å². The largest absolute Gasteiger partial charge is 0.507 e. The Hall–Kier alpha value is -1.05. The van der Waals surface area contributed by atoms with E-state index in [0.717, 1.165) is 20.9 Å². The molecule has 0 amide bonds. The maximum absolute atomic E-state index is 11.2. The fourth-order valence-electron chi connectivity index (χ4n) is 2.63. The van der Waals surface area contributed by atoms with Crippen LogP contribution in [0.3, 0.4) is 0 Å². The first-order valence-electron chi connectivity index (χ1n) is 9.26. The number of halogens is 1. The second-order valence-electron chi connectivity index (χ2n) is 7.25. The molecule has 160 valence electrons. The van der Waals surface area contributed by atoms with Crippen LogP contribution in [0.4, 0.5) is 0 Å². The number of hydrogen-bond donors (Lipinski definition) is 3. The molecule has 4 N–H and O–H groups in total. The van der Waals surface area contributed by atoms with Crippen LogP contribution < -0.4 is 5.90 Å². The van der Waals surface area contributed by atoms with Gasteiger partial charge in [0.25, 0.3) is 0 Å². The quantitative estimate of drug-likeness (QED) is 0.300. The van der Waals surface area contributed by atoms with Gasteiger partial charge in [-0.2, -0.15) is 0 Å². The van der Waals surface area contributed by atoms with E-state index >= 15 is 0 Å². The fraction of sp³-hybridized carbons (Fsp3) is 0.400. The van der Waals surface area contributed by atoms with Gasteiger partial charge >= 0.3 is 7.82 Å². The predicted octanol–water partition coefficient (Wildman–Crippen LogP) is 5.90. The van der Waals surface area contributed by atoms with Gasteiger partial charge in [0.15, 0.2) is 0 Å². The first-order valence-corrected chi connectivity index (χ1v) is 11.9. The number of nitrogens with two attached hydrogens (primary N) is 1. The number of rotatable bonds is 10. The van der Waals surface area contributed by atoms with Crippen molar-refractivity contribution >= 4 is 31.2 Å². The van der Waals surface area contributed by atoms with E-state index in [1.54, 1.807) is 6.07 Å². The number of phosphoric ester groups is 1. The van der Waals surface area contributed by atoms with E-state index in [-0.39, 0.29) is 18.3 Å². The lowest BCUT2D eigenvalue weighted by molar-refractivity contribution is 0.133. The van der Waals surface area contributed by atoms with E-state index in [2.05, 4.69) is 18.5 Å². The number of phenols is 1. The molecular formula is C20H27ClNO5PS. The number of phenolic OH excluding ortho intramolecular Hbond substituents is 1. The molecule has 2 aromatic carbocycles. The van der Waals surface area contributed by atoms with Gasteiger partial charge in [-0.25, -0.2) is 15.1 Å². The standard InChI is InChI=1S/C20H27ClNO5PS/c1-13(2)16-7-9-19(23)20(10-16)29-17-8-6-15(18(21)11-17)5-4-14(3)12-26-28(24,25)27-22/h6-11,13-14,23H,4-5,12,22H2,1-3H3,(H,24,25). The topological polar surface area (TPSA) is 102 Å². The molecular weight excluding hydrogens is 433 g/mol. The second-order valence-corrected chi connectivity index (χ2v) is 10.2. The number of hydrogen-bond acceptors (Lipinski definition) is 6. The molecule has 6 nitrogen and oxygen atoms in total. The highest BCUT2D eigenvalue weighted by atomic mass is 35.5. The molecule has 2 unspecified atom stereocenters. The first-order chi connectivity index (χ1) is 13.6. The number of benzene rings is 2. The highest BCUT2D eigenvalue weighted by molar-refractivity contribution is 7.99. The fourth-order valence-corrected chi connectivity index (χ4v) is 4.41. The van der Waals surface area contributed by atoms with Gasteiger partial charge in [0, 0.05) is 9.92 Å². The summed E-state index contributed by atoms with van der Waals surface area (Å²) in [5, 5.41) is 10.8. The zero-order valence-corrected chi connectivity index (χ0v) is 19.1. The molecule has 0 radical (unpaired) electrons. The monoisotopic (exact) mass is 459 g/mol. The molecule has 9 heteroatoms. The smallest absolute Gasteiger partial charge is 0.488 e. The van der Waals surface area contributed by atoms with Crippen molar-refractivity contribution < 1.29 is 23.7 Å². The maximum atomic E-state index is 11.2. The third-order valence-corrected chi connectivity index (χ3v) is 6.59. The van der Waals surface area contributed by atoms with Crippen molar-refractivity contribution in [1.82, 2.24) is 0 Å². The van der Waals surface area contributed by atoms with Gasteiger partial charge in [-0.05, 0) is 60.1 Å². The van der Waals surface area contributed by atoms with Gasteiger partial charge in [-0.15, -0.1) is 0 Å². The van der Waals surface area contributed by atoms with Crippen LogP contribution in [0.1, 0.15) is 44.2 Å². The Labute approximate surface area is 180 Å². The molecule has 0 saturated heterocycles. The van der Waals surface area contributed by atoms with Gasteiger partial charge in [-0.1, -0.05) is 56.3 Å². The van der Waals surface area contributed by atoms with Crippen LogP contribution in [0, 0.1) is 5.92 Å². The van der Waals surface area contributed by atoms with Gasteiger partial charge in [0.2, 0.25) is 0 Å². The summed E-state index contributed by atoms with van der Waals surface area (Å²) in [5.41, 5.74) is 2.14. The van der Waals surface area contributed by atoms with E-state index in [4.69, 9.17) is 26.9 Å². The molecule has 0 aliphatic rings. The average Bonchev–Trinajstić information content (AvgIpc) is 2.67. The third kappa shape index (κ3) is 7.61. The molecule has 0 bridgehead atoms. The highest BCUT2D eigenvalue weighted by Gasteiger charge is 2.20. The average molecular weight is 460 g/mol. The summed E-state index contributed by atoms with van der Waals surface area (Å²) < 4.78 is 19.9. The van der Waals surface area contributed by atoms with Gasteiger partial charge in [-0.3, -0.25) is 4.52 Å². The van der Waals surface area contributed by atoms with Crippen LogP contribution >= 0.6 is 31.2 Å². The molecule has 29 heavy (non-hydrogen) atoms. The Morgan fingerprint density at radius 3 is 2.55 bits per heavy atom. The molecule has 0 saturated carbocycles. The number of aryl methyl sites for hydroxylation is 1.